The molecule has 1 aromatic carbocycles. The second-order valence-electron chi connectivity index (χ2n) is 4.66. The summed E-state index contributed by atoms with van der Waals surface area (Å²) in [5.41, 5.74) is 0.816. The summed E-state index contributed by atoms with van der Waals surface area (Å²) in [5, 5.41) is 0. The molecular formula is C15H22O. The van der Waals surface area contributed by atoms with Crippen LogP contribution in [0.5, 0.6) is 0 Å². The molecule has 0 aliphatic heterocycles. The van der Waals surface area contributed by atoms with Crippen molar-refractivity contribution in [1.82, 2.24) is 0 Å². The van der Waals surface area contributed by atoms with Crippen molar-refractivity contribution in [1.29, 1.82) is 0 Å². The Morgan fingerprint density at radius 2 is 1.88 bits per heavy atom. The molecule has 0 amide bonds. The zero-order valence-corrected chi connectivity index (χ0v) is 10.6. The fraction of sp³-hybridized carbons (Fsp3) is 0.533. The first-order valence-electron chi connectivity index (χ1n) is 6.20. The van der Waals surface area contributed by atoms with E-state index in [1.54, 1.807) is 0 Å². The molecule has 0 aliphatic rings. The second-order valence-corrected chi connectivity index (χ2v) is 4.66. The third-order valence-electron chi connectivity index (χ3n) is 3.62. The van der Waals surface area contributed by atoms with E-state index < -0.39 is 0 Å². The molecule has 0 heterocycles. The van der Waals surface area contributed by atoms with Crippen LogP contribution >= 0.6 is 0 Å². The first kappa shape index (κ1) is 13.0. The van der Waals surface area contributed by atoms with Crippen LogP contribution in [-0.2, 0) is 10.2 Å². The van der Waals surface area contributed by atoms with Gasteiger partial charge in [-0.1, -0.05) is 57.0 Å². The van der Waals surface area contributed by atoms with Crippen LogP contribution in [0.1, 0.15) is 45.6 Å². The van der Waals surface area contributed by atoms with Gasteiger partial charge in [0.05, 0.1) is 5.41 Å². The highest BCUT2D eigenvalue weighted by Crippen LogP contribution is 2.35. The number of aldehydes is 1. The van der Waals surface area contributed by atoms with Crippen molar-refractivity contribution in [3.63, 3.8) is 0 Å². The minimum Gasteiger partial charge on any atom is -0.302 e. The van der Waals surface area contributed by atoms with Gasteiger partial charge >= 0.3 is 0 Å². The van der Waals surface area contributed by atoms with E-state index >= 15 is 0 Å². The van der Waals surface area contributed by atoms with Crippen molar-refractivity contribution in [3.05, 3.63) is 35.9 Å². The van der Waals surface area contributed by atoms with Crippen LogP contribution in [0, 0.1) is 5.92 Å². The van der Waals surface area contributed by atoms with E-state index in [1.165, 1.54) is 0 Å². The lowest BCUT2D eigenvalue weighted by Crippen LogP contribution is -2.33. The quantitative estimate of drug-likeness (QED) is 0.660. The molecule has 0 aromatic heterocycles. The molecule has 0 saturated heterocycles. The van der Waals surface area contributed by atoms with E-state index in [0.717, 1.165) is 31.1 Å². The SMILES string of the molecule is CCCC(CC)C(C)(C=O)c1ccccc1. The molecular weight excluding hydrogens is 196 g/mol. The Hall–Kier alpha value is -1.11. The molecule has 1 aromatic rings. The van der Waals surface area contributed by atoms with E-state index in [4.69, 9.17) is 0 Å². The average molecular weight is 218 g/mol. The zero-order valence-electron chi connectivity index (χ0n) is 10.6. The highest BCUT2D eigenvalue weighted by molar-refractivity contribution is 5.68. The van der Waals surface area contributed by atoms with Crippen LogP contribution in [0.3, 0.4) is 0 Å². The summed E-state index contributed by atoms with van der Waals surface area (Å²) in [7, 11) is 0. The predicted molar refractivity (Wildman–Crippen MR) is 68.5 cm³/mol. The van der Waals surface area contributed by atoms with Gasteiger partial charge in [-0.05, 0) is 24.8 Å². The van der Waals surface area contributed by atoms with E-state index in [9.17, 15) is 4.79 Å². The number of carbonyl (C=O) groups excluding carboxylic acids is 1. The number of hydrogen-bond donors (Lipinski definition) is 0. The third kappa shape index (κ3) is 2.52. The molecule has 0 spiro atoms. The van der Waals surface area contributed by atoms with Crippen LogP contribution in [0.15, 0.2) is 30.3 Å². The van der Waals surface area contributed by atoms with Crippen molar-refractivity contribution in [3.8, 4) is 0 Å². The lowest BCUT2D eigenvalue weighted by atomic mass is 9.70. The molecule has 0 aliphatic carbocycles. The van der Waals surface area contributed by atoms with Gasteiger partial charge in [0.1, 0.15) is 6.29 Å². The van der Waals surface area contributed by atoms with Crippen molar-refractivity contribution < 1.29 is 4.79 Å². The molecule has 0 radical (unpaired) electrons. The number of carbonyl (C=O) groups is 1. The third-order valence-corrected chi connectivity index (χ3v) is 3.62. The van der Waals surface area contributed by atoms with Crippen LogP contribution in [-0.4, -0.2) is 6.29 Å². The van der Waals surface area contributed by atoms with E-state index in [2.05, 4.69) is 32.9 Å². The highest BCUT2D eigenvalue weighted by atomic mass is 16.1. The largest absolute Gasteiger partial charge is 0.302 e. The lowest BCUT2D eigenvalue weighted by Gasteiger charge is -2.32. The maximum atomic E-state index is 11.5. The van der Waals surface area contributed by atoms with E-state index in [0.29, 0.717) is 5.92 Å². The summed E-state index contributed by atoms with van der Waals surface area (Å²) in [6, 6.07) is 10.1. The summed E-state index contributed by atoms with van der Waals surface area (Å²) < 4.78 is 0. The Bertz CT molecular complexity index is 317. The monoisotopic (exact) mass is 218 g/mol. The van der Waals surface area contributed by atoms with Gasteiger partial charge in [0.15, 0.2) is 0 Å². The Morgan fingerprint density at radius 1 is 1.25 bits per heavy atom. The normalized spacial score (nSPS) is 16.4. The van der Waals surface area contributed by atoms with Crippen molar-refractivity contribution >= 4 is 6.29 Å². The Labute approximate surface area is 98.9 Å². The van der Waals surface area contributed by atoms with Gasteiger partial charge in [-0.15, -0.1) is 0 Å². The first-order valence-corrected chi connectivity index (χ1v) is 6.20. The molecule has 0 bridgehead atoms. The second kappa shape index (κ2) is 5.83. The fourth-order valence-corrected chi connectivity index (χ4v) is 2.47. The summed E-state index contributed by atoms with van der Waals surface area (Å²) in [4.78, 5) is 11.5. The topological polar surface area (TPSA) is 17.1 Å². The van der Waals surface area contributed by atoms with Crippen LogP contribution < -0.4 is 0 Å². The van der Waals surface area contributed by atoms with Gasteiger partial charge in [-0.2, -0.15) is 0 Å². The Kier molecular flexibility index (Phi) is 4.72. The lowest BCUT2D eigenvalue weighted by molar-refractivity contribution is -0.114. The fourth-order valence-electron chi connectivity index (χ4n) is 2.47. The molecule has 0 N–H and O–H groups in total. The summed E-state index contributed by atoms with van der Waals surface area (Å²) >= 11 is 0. The minimum absolute atomic E-state index is 0.327. The molecule has 1 nitrogen and oxygen atoms in total. The van der Waals surface area contributed by atoms with Gasteiger partial charge in [0.25, 0.3) is 0 Å². The van der Waals surface area contributed by atoms with Crippen molar-refractivity contribution in [2.45, 2.75) is 45.4 Å². The molecule has 0 fully saturated rings. The summed E-state index contributed by atoms with van der Waals surface area (Å²) in [6.45, 7) is 6.42. The molecule has 88 valence electrons. The van der Waals surface area contributed by atoms with Crippen LogP contribution in [0.2, 0.25) is 0 Å². The molecule has 2 atom stereocenters. The number of hydrogen-bond acceptors (Lipinski definition) is 1. The van der Waals surface area contributed by atoms with Gasteiger partial charge in [0, 0.05) is 0 Å². The predicted octanol–water partition coefficient (Wildman–Crippen LogP) is 3.97. The summed E-state index contributed by atoms with van der Waals surface area (Å²) in [6.07, 6.45) is 4.43. The maximum absolute atomic E-state index is 11.5. The molecule has 0 saturated carbocycles. The van der Waals surface area contributed by atoms with Crippen molar-refractivity contribution in [2.24, 2.45) is 5.92 Å². The van der Waals surface area contributed by atoms with Crippen LogP contribution in [0.25, 0.3) is 0 Å². The van der Waals surface area contributed by atoms with Gasteiger partial charge in [0.2, 0.25) is 0 Å². The van der Waals surface area contributed by atoms with Crippen LogP contribution in [0.4, 0.5) is 0 Å². The average Bonchev–Trinajstić information content (AvgIpc) is 2.36. The Morgan fingerprint density at radius 3 is 2.31 bits per heavy atom. The molecule has 2 unspecified atom stereocenters. The smallest absolute Gasteiger partial charge is 0.130 e. The minimum atomic E-state index is -0.327. The maximum Gasteiger partial charge on any atom is 0.130 e. The highest BCUT2D eigenvalue weighted by Gasteiger charge is 2.33. The Balaban J connectivity index is 3.05. The van der Waals surface area contributed by atoms with Gasteiger partial charge < -0.3 is 4.79 Å². The zero-order chi connectivity index (χ0) is 12.0. The molecule has 16 heavy (non-hydrogen) atoms. The van der Waals surface area contributed by atoms with E-state index in [-0.39, 0.29) is 5.41 Å². The number of rotatable bonds is 6. The van der Waals surface area contributed by atoms with Crippen molar-refractivity contribution in [2.75, 3.05) is 0 Å². The molecule has 1 rings (SSSR count). The first-order chi connectivity index (χ1) is 7.69. The van der Waals surface area contributed by atoms with E-state index in [1.807, 2.05) is 18.2 Å². The standard InChI is InChI=1S/C15H22O/c1-4-9-13(5-2)15(3,12-16)14-10-7-6-8-11-14/h6-8,10-13H,4-5,9H2,1-3H3. The van der Waals surface area contributed by atoms with Gasteiger partial charge in [-0.25, -0.2) is 0 Å². The molecule has 1 heteroatoms. The summed E-state index contributed by atoms with van der Waals surface area (Å²) in [5.74, 6) is 0.442. The van der Waals surface area contributed by atoms with Gasteiger partial charge in [-0.3, -0.25) is 0 Å². The number of benzene rings is 1.